The fraction of sp³-hybridized carbons (Fsp3) is 0.167. The minimum Gasteiger partial charge on any atom is -0.349 e. The topological polar surface area (TPSA) is 75.3 Å². The number of benzene rings is 4. The lowest BCUT2D eigenvalue weighted by Gasteiger charge is -2.18. The molecule has 2 amide bonds. The predicted octanol–water partition coefficient (Wildman–Crippen LogP) is 5.18. The lowest BCUT2D eigenvalue weighted by atomic mass is 10.0. The smallest absolute Gasteiger partial charge is 0.251 e. The van der Waals surface area contributed by atoms with Gasteiger partial charge in [-0.3, -0.25) is 14.4 Å². The molecule has 4 aromatic carbocycles. The first-order valence-electron chi connectivity index (χ1n) is 11.8. The van der Waals surface area contributed by atoms with Gasteiger partial charge in [-0.15, -0.1) is 11.8 Å². The number of rotatable bonds is 10. The molecule has 0 spiro atoms. The van der Waals surface area contributed by atoms with Gasteiger partial charge in [0.1, 0.15) is 0 Å². The van der Waals surface area contributed by atoms with Crippen LogP contribution in [0.4, 0.5) is 0 Å². The van der Waals surface area contributed by atoms with Crippen LogP contribution < -0.4 is 10.6 Å². The zero-order chi connectivity index (χ0) is 25.3. The van der Waals surface area contributed by atoms with Crippen LogP contribution in [0.5, 0.6) is 0 Å². The molecular weight excluding hydrogens is 468 g/mol. The number of amides is 2. The molecule has 182 valence electrons. The molecule has 0 fully saturated rings. The Labute approximate surface area is 215 Å². The summed E-state index contributed by atoms with van der Waals surface area (Å²) in [6, 6.07) is 30.9. The minimum atomic E-state index is -0.742. The molecule has 0 heterocycles. The summed E-state index contributed by atoms with van der Waals surface area (Å²) in [5.74, 6) is -0.0271. The van der Waals surface area contributed by atoms with E-state index in [4.69, 9.17) is 0 Å². The average Bonchev–Trinajstić information content (AvgIpc) is 2.91. The molecule has 0 unspecified atom stereocenters. The summed E-state index contributed by atoms with van der Waals surface area (Å²) >= 11 is 1.71. The lowest BCUT2D eigenvalue weighted by molar-refractivity contribution is -0.124. The fourth-order valence-corrected chi connectivity index (χ4v) is 4.71. The van der Waals surface area contributed by atoms with Crippen molar-refractivity contribution in [3.8, 4) is 0 Å². The molecule has 0 radical (unpaired) electrons. The molecule has 0 aliphatic heterocycles. The van der Waals surface area contributed by atoms with Crippen LogP contribution in [0, 0.1) is 0 Å². The molecule has 2 N–H and O–H groups in total. The van der Waals surface area contributed by atoms with Gasteiger partial charge in [0.2, 0.25) is 5.91 Å². The maximum Gasteiger partial charge on any atom is 0.251 e. The fourth-order valence-electron chi connectivity index (χ4n) is 3.87. The lowest BCUT2D eigenvalue weighted by Crippen LogP contribution is -2.46. The van der Waals surface area contributed by atoms with Gasteiger partial charge in [-0.25, -0.2) is 0 Å². The van der Waals surface area contributed by atoms with Crippen molar-refractivity contribution in [2.75, 3.05) is 6.54 Å². The standard InChI is InChI=1S/C30H28N2O3S/c1-21(33)31-19-29(34)28(18-22-7-3-2-4-8-22)32-30(35)25-13-15-27(16-14-25)36-20-23-11-12-24-9-5-6-10-26(24)17-23/h2-17,28H,18-20H2,1H3,(H,31,33)(H,32,35)/t28-/m0/s1. The van der Waals surface area contributed by atoms with Crippen molar-refractivity contribution in [3.05, 3.63) is 114 Å². The number of carbonyl (C=O) groups excluding carboxylic acids is 3. The second kappa shape index (κ2) is 12.2. The predicted molar refractivity (Wildman–Crippen MR) is 145 cm³/mol. The van der Waals surface area contributed by atoms with Gasteiger partial charge in [0, 0.05) is 23.1 Å². The highest BCUT2D eigenvalue weighted by Gasteiger charge is 2.22. The monoisotopic (exact) mass is 496 g/mol. The summed E-state index contributed by atoms with van der Waals surface area (Å²) < 4.78 is 0. The molecule has 0 aliphatic rings. The Hall–Kier alpha value is -3.90. The van der Waals surface area contributed by atoms with Crippen LogP contribution in [0.3, 0.4) is 0 Å². The number of Topliss-reactive ketones (excluding diaryl/α,β-unsaturated/α-hetero) is 1. The Balaban J connectivity index is 1.38. The van der Waals surface area contributed by atoms with E-state index in [1.807, 2.05) is 54.6 Å². The molecule has 5 nitrogen and oxygen atoms in total. The van der Waals surface area contributed by atoms with Gasteiger partial charge >= 0.3 is 0 Å². The SMILES string of the molecule is CC(=O)NCC(=O)[C@H](Cc1ccccc1)NC(=O)c1ccc(SCc2ccc3ccccc3c2)cc1. The Morgan fingerprint density at radius 1 is 0.778 bits per heavy atom. The molecule has 4 rings (SSSR count). The second-order valence-electron chi connectivity index (χ2n) is 8.59. The van der Waals surface area contributed by atoms with E-state index in [1.165, 1.54) is 23.3 Å². The van der Waals surface area contributed by atoms with Crippen molar-refractivity contribution in [1.29, 1.82) is 0 Å². The van der Waals surface area contributed by atoms with E-state index < -0.39 is 6.04 Å². The third-order valence-corrected chi connectivity index (χ3v) is 6.91. The number of hydrogen-bond acceptors (Lipinski definition) is 4. The first kappa shape index (κ1) is 25.2. The molecule has 0 saturated carbocycles. The minimum absolute atomic E-state index is 0.128. The molecule has 36 heavy (non-hydrogen) atoms. The molecule has 0 bridgehead atoms. The van der Waals surface area contributed by atoms with E-state index in [0.29, 0.717) is 12.0 Å². The maximum absolute atomic E-state index is 12.9. The van der Waals surface area contributed by atoms with E-state index in [1.54, 1.807) is 23.9 Å². The second-order valence-corrected chi connectivity index (χ2v) is 9.64. The maximum atomic E-state index is 12.9. The van der Waals surface area contributed by atoms with Crippen molar-refractivity contribution < 1.29 is 14.4 Å². The Kier molecular flexibility index (Phi) is 8.53. The summed E-state index contributed by atoms with van der Waals surface area (Å²) in [6.07, 6.45) is 0.352. The molecule has 1 atom stereocenters. The molecule has 0 saturated heterocycles. The van der Waals surface area contributed by atoms with Gasteiger partial charge < -0.3 is 10.6 Å². The van der Waals surface area contributed by atoms with Gasteiger partial charge in [-0.1, -0.05) is 72.8 Å². The number of hydrogen-bond donors (Lipinski definition) is 2. The first-order chi connectivity index (χ1) is 17.5. The zero-order valence-corrected chi connectivity index (χ0v) is 20.9. The average molecular weight is 497 g/mol. The van der Waals surface area contributed by atoms with Crippen molar-refractivity contribution in [1.82, 2.24) is 10.6 Å². The summed E-state index contributed by atoms with van der Waals surface area (Å²) in [7, 11) is 0. The van der Waals surface area contributed by atoms with Crippen molar-refractivity contribution in [2.45, 2.75) is 30.0 Å². The third-order valence-electron chi connectivity index (χ3n) is 5.82. The van der Waals surface area contributed by atoms with Crippen LogP contribution in [0.1, 0.15) is 28.4 Å². The molecule has 0 aromatic heterocycles. The number of nitrogens with one attached hydrogen (secondary N) is 2. The number of fused-ring (bicyclic) bond motifs is 1. The van der Waals surface area contributed by atoms with Crippen LogP contribution in [-0.4, -0.2) is 30.2 Å². The number of carbonyl (C=O) groups is 3. The van der Waals surface area contributed by atoms with Crippen LogP contribution in [0.15, 0.2) is 102 Å². The summed E-state index contributed by atoms with van der Waals surface area (Å²) in [4.78, 5) is 38.0. The normalized spacial score (nSPS) is 11.6. The number of thioether (sulfide) groups is 1. The van der Waals surface area contributed by atoms with Crippen molar-refractivity contribution in [2.24, 2.45) is 0 Å². The highest BCUT2D eigenvalue weighted by molar-refractivity contribution is 7.98. The van der Waals surface area contributed by atoms with Crippen LogP contribution >= 0.6 is 11.8 Å². The van der Waals surface area contributed by atoms with E-state index in [2.05, 4.69) is 41.0 Å². The summed E-state index contributed by atoms with van der Waals surface area (Å²) in [5, 5.41) is 7.83. The number of ketones is 1. The summed E-state index contributed by atoms with van der Waals surface area (Å²) in [5.41, 5.74) is 2.65. The van der Waals surface area contributed by atoms with Gasteiger partial charge in [0.15, 0.2) is 5.78 Å². The van der Waals surface area contributed by atoms with Crippen LogP contribution in [0.25, 0.3) is 10.8 Å². The molecular formula is C30H28N2O3S. The molecule has 6 heteroatoms. The van der Waals surface area contributed by atoms with Gasteiger partial charge in [-0.05, 0) is 52.6 Å². The zero-order valence-electron chi connectivity index (χ0n) is 20.1. The first-order valence-corrected chi connectivity index (χ1v) is 12.8. The largest absolute Gasteiger partial charge is 0.349 e. The van der Waals surface area contributed by atoms with Gasteiger partial charge in [0.25, 0.3) is 5.91 Å². The van der Waals surface area contributed by atoms with Crippen molar-refractivity contribution in [3.63, 3.8) is 0 Å². The Morgan fingerprint density at radius 2 is 1.47 bits per heavy atom. The van der Waals surface area contributed by atoms with Crippen LogP contribution in [-0.2, 0) is 21.8 Å². The Bertz CT molecular complexity index is 1350. The third kappa shape index (κ3) is 7.06. The highest BCUT2D eigenvalue weighted by atomic mass is 32.2. The van der Waals surface area contributed by atoms with E-state index in [-0.39, 0.29) is 24.1 Å². The molecule has 4 aromatic rings. The van der Waals surface area contributed by atoms with Gasteiger partial charge in [0.05, 0.1) is 12.6 Å². The Morgan fingerprint density at radius 3 is 2.19 bits per heavy atom. The van der Waals surface area contributed by atoms with E-state index >= 15 is 0 Å². The van der Waals surface area contributed by atoms with E-state index in [9.17, 15) is 14.4 Å². The summed E-state index contributed by atoms with van der Waals surface area (Å²) in [6.45, 7) is 1.23. The van der Waals surface area contributed by atoms with Crippen molar-refractivity contribution >= 4 is 40.1 Å². The molecule has 0 aliphatic carbocycles. The van der Waals surface area contributed by atoms with Gasteiger partial charge in [-0.2, -0.15) is 0 Å². The highest BCUT2D eigenvalue weighted by Crippen LogP contribution is 2.25. The quantitative estimate of drug-likeness (QED) is 0.297. The van der Waals surface area contributed by atoms with E-state index in [0.717, 1.165) is 16.2 Å². The van der Waals surface area contributed by atoms with Crippen LogP contribution in [0.2, 0.25) is 0 Å².